The smallest absolute Gasteiger partial charge is 0.184 e. The van der Waals surface area contributed by atoms with E-state index in [2.05, 4.69) is 36.4 Å². The lowest BCUT2D eigenvalue weighted by Crippen LogP contribution is -2.09. The SMILES string of the molecule is CN(C)Cc1ccc(CSCCNc2nsnc2NCC2CC2)o1. The maximum atomic E-state index is 5.81. The van der Waals surface area contributed by atoms with Gasteiger partial charge in [0.05, 0.1) is 24.0 Å². The molecule has 1 aliphatic rings. The lowest BCUT2D eigenvalue weighted by atomic mass is 10.4. The molecule has 0 saturated heterocycles. The number of furan rings is 1. The Balaban J connectivity index is 1.32. The number of thioether (sulfide) groups is 1. The summed E-state index contributed by atoms with van der Waals surface area (Å²) in [6.07, 6.45) is 2.68. The van der Waals surface area contributed by atoms with Gasteiger partial charge in [-0.05, 0) is 45.0 Å². The summed E-state index contributed by atoms with van der Waals surface area (Å²) in [5.74, 6) is 6.58. The summed E-state index contributed by atoms with van der Waals surface area (Å²) in [7, 11) is 4.09. The number of rotatable bonds is 11. The molecule has 2 aromatic rings. The molecule has 2 heterocycles. The van der Waals surface area contributed by atoms with Gasteiger partial charge in [0.2, 0.25) is 0 Å². The van der Waals surface area contributed by atoms with E-state index in [0.29, 0.717) is 0 Å². The van der Waals surface area contributed by atoms with Crippen LogP contribution in [0.5, 0.6) is 0 Å². The largest absolute Gasteiger partial charge is 0.464 e. The number of hydrogen-bond donors (Lipinski definition) is 2. The van der Waals surface area contributed by atoms with E-state index in [1.165, 1.54) is 24.6 Å². The van der Waals surface area contributed by atoms with Gasteiger partial charge in [0, 0.05) is 18.8 Å². The predicted octanol–water partition coefficient (Wildman–Crippen LogP) is 3.36. The molecule has 3 rings (SSSR count). The van der Waals surface area contributed by atoms with Crippen molar-refractivity contribution in [1.82, 2.24) is 13.6 Å². The van der Waals surface area contributed by atoms with Crippen molar-refractivity contribution in [3.8, 4) is 0 Å². The van der Waals surface area contributed by atoms with Gasteiger partial charge >= 0.3 is 0 Å². The fourth-order valence-corrected chi connectivity index (χ4v) is 3.55. The van der Waals surface area contributed by atoms with Crippen molar-refractivity contribution in [3.05, 3.63) is 23.7 Å². The van der Waals surface area contributed by atoms with Gasteiger partial charge in [-0.3, -0.25) is 0 Å². The normalized spacial score (nSPS) is 14.3. The van der Waals surface area contributed by atoms with Crippen molar-refractivity contribution in [2.24, 2.45) is 5.92 Å². The number of hydrogen-bond acceptors (Lipinski definition) is 8. The lowest BCUT2D eigenvalue weighted by molar-refractivity contribution is 0.344. The third kappa shape index (κ3) is 5.68. The molecule has 24 heavy (non-hydrogen) atoms. The van der Waals surface area contributed by atoms with Gasteiger partial charge in [-0.1, -0.05) is 0 Å². The molecule has 0 spiro atoms. The molecule has 0 amide bonds. The zero-order chi connectivity index (χ0) is 16.8. The van der Waals surface area contributed by atoms with Crippen molar-refractivity contribution in [1.29, 1.82) is 0 Å². The molecule has 0 aromatic carbocycles. The van der Waals surface area contributed by atoms with Gasteiger partial charge in [0.1, 0.15) is 11.5 Å². The van der Waals surface area contributed by atoms with Gasteiger partial charge in [-0.25, -0.2) is 0 Å². The summed E-state index contributed by atoms with van der Waals surface area (Å²) >= 11 is 3.12. The van der Waals surface area contributed by atoms with Crippen molar-refractivity contribution in [2.75, 3.05) is 43.6 Å². The fraction of sp³-hybridized carbons (Fsp3) is 0.625. The molecule has 1 aliphatic carbocycles. The van der Waals surface area contributed by atoms with Crippen LogP contribution in [0.4, 0.5) is 11.6 Å². The molecule has 0 radical (unpaired) electrons. The highest BCUT2D eigenvalue weighted by molar-refractivity contribution is 7.98. The van der Waals surface area contributed by atoms with Crippen molar-refractivity contribution in [2.45, 2.75) is 25.1 Å². The molecule has 132 valence electrons. The molecule has 2 N–H and O–H groups in total. The summed E-state index contributed by atoms with van der Waals surface area (Å²) in [4.78, 5) is 2.11. The Labute approximate surface area is 151 Å². The molecule has 8 heteroatoms. The Morgan fingerprint density at radius 2 is 1.96 bits per heavy atom. The van der Waals surface area contributed by atoms with E-state index in [1.54, 1.807) is 0 Å². The first-order valence-electron chi connectivity index (χ1n) is 8.31. The number of nitrogens with one attached hydrogen (secondary N) is 2. The molecular formula is C16H25N5OS2. The van der Waals surface area contributed by atoms with Crippen LogP contribution in [0.15, 0.2) is 16.5 Å². The molecule has 0 bridgehead atoms. The van der Waals surface area contributed by atoms with Crippen LogP contribution in [-0.4, -0.2) is 46.6 Å². The van der Waals surface area contributed by atoms with Crippen molar-refractivity contribution >= 4 is 35.1 Å². The Morgan fingerprint density at radius 1 is 1.21 bits per heavy atom. The first kappa shape index (κ1) is 17.6. The average molecular weight is 368 g/mol. The van der Waals surface area contributed by atoms with E-state index in [0.717, 1.165) is 60.2 Å². The van der Waals surface area contributed by atoms with E-state index in [-0.39, 0.29) is 0 Å². The van der Waals surface area contributed by atoms with Crippen LogP contribution in [0.1, 0.15) is 24.4 Å². The molecule has 2 aromatic heterocycles. The summed E-state index contributed by atoms with van der Waals surface area (Å²) < 4.78 is 14.5. The first-order chi connectivity index (χ1) is 11.7. The maximum absolute atomic E-state index is 5.81. The molecular weight excluding hydrogens is 342 g/mol. The quantitative estimate of drug-likeness (QED) is 0.590. The molecule has 0 aliphatic heterocycles. The Kier molecular flexibility index (Phi) is 6.39. The molecule has 1 fully saturated rings. The Bertz CT molecular complexity index is 624. The highest BCUT2D eigenvalue weighted by atomic mass is 32.2. The van der Waals surface area contributed by atoms with E-state index in [1.807, 2.05) is 25.9 Å². The number of anilines is 2. The summed E-state index contributed by atoms with van der Waals surface area (Å²) in [6.45, 7) is 2.74. The molecule has 0 unspecified atom stereocenters. The monoisotopic (exact) mass is 367 g/mol. The van der Waals surface area contributed by atoms with Gasteiger partial charge in [0.15, 0.2) is 11.6 Å². The molecule has 0 atom stereocenters. The third-order valence-corrected chi connectivity index (χ3v) is 5.23. The van der Waals surface area contributed by atoms with Gasteiger partial charge in [0.25, 0.3) is 0 Å². The molecule has 6 nitrogen and oxygen atoms in total. The van der Waals surface area contributed by atoms with Crippen LogP contribution in [-0.2, 0) is 12.3 Å². The highest BCUT2D eigenvalue weighted by Gasteiger charge is 2.21. The van der Waals surface area contributed by atoms with Gasteiger partial charge in [-0.15, -0.1) is 0 Å². The lowest BCUT2D eigenvalue weighted by Gasteiger charge is -2.07. The zero-order valence-electron chi connectivity index (χ0n) is 14.2. The van der Waals surface area contributed by atoms with E-state index in [4.69, 9.17) is 4.42 Å². The second kappa shape index (κ2) is 8.73. The second-order valence-corrected chi connectivity index (χ2v) is 8.00. The van der Waals surface area contributed by atoms with Crippen LogP contribution in [0.2, 0.25) is 0 Å². The predicted molar refractivity (Wildman–Crippen MR) is 102 cm³/mol. The Hall–Kier alpha value is -1.25. The minimum atomic E-state index is 0.834. The topological polar surface area (TPSA) is 66.2 Å². The zero-order valence-corrected chi connectivity index (χ0v) is 15.9. The Morgan fingerprint density at radius 3 is 2.71 bits per heavy atom. The average Bonchev–Trinajstić information content (AvgIpc) is 3.10. The van der Waals surface area contributed by atoms with Gasteiger partial charge < -0.3 is 20.0 Å². The van der Waals surface area contributed by atoms with E-state index < -0.39 is 0 Å². The van der Waals surface area contributed by atoms with Crippen LogP contribution >= 0.6 is 23.5 Å². The van der Waals surface area contributed by atoms with Crippen LogP contribution in [0.25, 0.3) is 0 Å². The van der Waals surface area contributed by atoms with Gasteiger partial charge in [-0.2, -0.15) is 20.5 Å². The minimum Gasteiger partial charge on any atom is -0.464 e. The standard InChI is InChI=1S/C16H25N5OS2/c1-21(2)10-13-5-6-14(22-13)11-23-8-7-17-15-16(20-24-19-15)18-9-12-3-4-12/h5-6,12H,3-4,7-11H2,1-2H3,(H,17,19)(H,18,20). The second-order valence-electron chi connectivity index (χ2n) is 6.37. The summed E-state index contributed by atoms with van der Waals surface area (Å²) in [6, 6.07) is 4.14. The number of nitrogens with zero attached hydrogens (tertiary/aromatic N) is 3. The number of aromatic nitrogens is 2. The third-order valence-electron chi connectivity index (χ3n) is 3.72. The van der Waals surface area contributed by atoms with Crippen LogP contribution in [0.3, 0.4) is 0 Å². The fourth-order valence-electron chi connectivity index (χ4n) is 2.29. The van der Waals surface area contributed by atoms with Crippen molar-refractivity contribution in [3.63, 3.8) is 0 Å². The van der Waals surface area contributed by atoms with Crippen LogP contribution < -0.4 is 10.6 Å². The highest BCUT2D eigenvalue weighted by Crippen LogP contribution is 2.29. The summed E-state index contributed by atoms with van der Waals surface area (Å²) in [5.41, 5.74) is 0. The first-order valence-corrected chi connectivity index (χ1v) is 10.2. The maximum Gasteiger partial charge on any atom is 0.184 e. The van der Waals surface area contributed by atoms with E-state index >= 15 is 0 Å². The molecule has 1 saturated carbocycles. The minimum absolute atomic E-state index is 0.834. The van der Waals surface area contributed by atoms with E-state index in [9.17, 15) is 0 Å². The van der Waals surface area contributed by atoms with Crippen LogP contribution in [0, 0.1) is 5.92 Å². The summed E-state index contributed by atoms with van der Waals surface area (Å²) in [5, 5.41) is 6.76. The van der Waals surface area contributed by atoms with Crippen molar-refractivity contribution < 1.29 is 4.42 Å².